The molecular weight excluding hydrogens is 521 g/mol. The van der Waals surface area contributed by atoms with E-state index in [1.54, 1.807) is 36.4 Å². The maximum Gasteiger partial charge on any atom is 0.249 e. The van der Waals surface area contributed by atoms with Crippen LogP contribution in [-0.4, -0.2) is 49.0 Å². The molecule has 0 bridgehead atoms. The molecule has 1 heterocycles. The number of halogens is 1. The Labute approximate surface area is 242 Å². The SMILES string of the molecule is CCC1CCCCN(CC(=O)N[C@@H](COCc2ccccc2)C(=O)Nc2ccc(Oc3ccc(F)cc3)cc2)CC1. The van der Waals surface area contributed by atoms with Gasteiger partial charge in [-0.3, -0.25) is 14.5 Å². The molecule has 7 nitrogen and oxygen atoms in total. The van der Waals surface area contributed by atoms with Gasteiger partial charge in [0.15, 0.2) is 0 Å². The largest absolute Gasteiger partial charge is 0.457 e. The van der Waals surface area contributed by atoms with Crippen molar-refractivity contribution >= 4 is 17.5 Å². The molecule has 1 fully saturated rings. The quantitative estimate of drug-likeness (QED) is 0.277. The van der Waals surface area contributed by atoms with Crippen LogP contribution in [0.1, 0.15) is 44.6 Å². The molecule has 2 atom stereocenters. The standard InChI is InChI=1S/C33H40FN3O4/c1-2-25-8-6-7-20-37(21-19-25)22-32(38)36-31(24-40-23-26-9-4-3-5-10-26)33(39)35-28-13-17-30(18-14-28)41-29-15-11-27(34)12-16-29/h3-5,9-18,25,31H,2,6-8,19-24H2,1H3,(H,35,39)(H,36,38)/t25?,31-/m0/s1. The van der Waals surface area contributed by atoms with E-state index in [2.05, 4.69) is 22.5 Å². The molecule has 3 aromatic rings. The highest BCUT2D eigenvalue weighted by Crippen LogP contribution is 2.23. The number of hydrogen-bond acceptors (Lipinski definition) is 5. The van der Waals surface area contributed by atoms with E-state index in [4.69, 9.17) is 9.47 Å². The minimum atomic E-state index is -0.862. The summed E-state index contributed by atoms with van der Waals surface area (Å²) in [5.74, 6) is 0.869. The van der Waals surface area contributed by atoms with Crippen LogP contribution in [0.4, 0.5) is 10.1 Å². The smallest absolute Gasteiger partial charge is 0.249 e. The Hall–Kier alpha value is -3.75. The van der Waals surface area contributed by atoms with Gasteiger partial charge >= 0.3 is 0 Å². The third-order valence-electron chi connectivity index (χ3n) is 7.35. The zero-order valence-electron chi connectivity index (χ0n) is 23.7. The van der Waals surface area contributed by atoms with Crippen molar-refractivity contribution in [2.75, 3.05) is 31.6 Å². The van der Waals surface area contributed by atoms with Crippen LogP contribution in [0, 0.1) is 11.7 Å². The average molecular weight is 562 g/mol. The normalized spacial score (nSPS) is 16.7. The number of amides is 2. The lowest BCUT2D eigenvalue weighted by Gasteiger charge is -2.28. The summed E-state index contributed by atoms with van der Waals surface area (Å²) in [6, 6.07) is 21.4. The predicted molar refractivity (Wildman–Crippen MR) is 158 cm³/mol. The summed E-state index contributed by atoms with van der Waals surface area (Å²) in [6.07, 6.45) is 5.78. The van der Waals surface area contributed by atoms with Gasteiger partial charge in [0.1, 0.15) is 23.4 Å². The van der Waals surface area contributed by atoms with E-state index in [0.717, 1.165) is 31.5 Å². The molecule has 1 aliphatic rings. The van der Waals surface area contributed by atoms with Gasteiger partial charge in [-0.2, -0.15) is 0 Å². The highest BCUT2D eigenvalue weighted by Gasteiger charge is 2.23. The van der Waals surface area contributed by atoms with Crippen LogP contribution in [0.5, 0.6) is 11.5 Å². The molecule has 0 aliphatic carbocycles. The number of anilines is 1. The minimum absolute atomic E-state index is 0.0378. The van der Waals surface area contributed by atoms with Gasteiger partial charge in [-0.1, -0.05) is 56.5 Å². The second-order valence-electron chi connectivity index (χ2n) is 10.5. The number of hydrogen-bond donors (Lipinski definition) is 2. The van der Waals surface area contributed by atoms with Crippen LogP contribution < -0.4 is 15.4 Å². The molecule has 218 valence electrons. The van der Waals surface area contributed by atoms with Gasteiger partial charge in [-0.15, -0.1) is 0 Å². The van der Waals surface area contributed by atoms with E-state index >= 15 is 0 Å². The Kier molecular flexibility index (Phi) is 11.7. The number of rotatable bonds is 12. The van der Waals surface area contributed by atoms with E-state index in [1.165, 1.54) is 31.4 Å². The van der Waals surface area contributed by atoms with Crippen LogP contribution in [-0.2, 0) is 20.9 Å². The zero-order valence-corrected chi connectivity index (χ0v) is 23.7. The first-order valence-corrected chi connectivity index (χ1v) is 14.5. The summed E-state index contributed by atoms with van der Waals surface area (Å²) in [5, 5.41) is 5.78. The van der Waals surface area contributed by atoms with Crippen LogP contribution in [0.15, 0.2) is 78.9 Å². The van der Waals surface area contributed by atoms with Gasteiger partial charge in [0.05, 0.1) is 19.8 Å². The molecular formula is C33H40FN3O4. The fourth-order valence-electron chi connectivity index (χ4n) is 4.93. The first kappa shape index (κ1) is 30.2. The lowest BCUT2D eigenvalue weighted by atomic mass is 9.94. The van der Waals surface area contributed by atoms with Crippen molar-refractivity contribution in [2.24, 2.45) is 5.92 Å². The molecule has 1 aliphatic heterocycles. The second-order valence-corrected chi connectivity index (χ2v) is 10.5. The van der Waals surface area contributed by atoms with Crippen molar-refractivity contribution in [3.05, 3.63) is 90.2 Å². The van der Waals surface area contributed by atoms with Crippen LogP contribution in [0.2, 0.25) is 0 Å². The topological polar surface area (TPSA) is 79.9 Å². The number of benzene rings is 3. The third kappa shape index (κ3) is 10.3. The van der Waals surface area contributed by atoms with Crippen molar-refractivity contribution in [2.45, 2.75) is 51.7 Å². The summed E-state index contributed by atoms with van der Waals surface area (Å²) in [4.78, 5) is 28.5. The number of nitrogens with one attached hydrogen (secondary N) is 2. The Bertz CT molecular complexity index is 1220. The van der Waals surface area contributed by atoms with Gasteiger partial charge in [-0.05, 0) is 85.9 Å². The summed E-state index contributed by atoms with van der Waals surface area (Å²) in [5.41, 5.74) is 1.54. The molecule has 0 radical (unpaired) electrons. The molecule has 1 unspecified atom stereocenters. The first-order chi connectivity index (χ1) is 20.0. The summed E-state index contributed by atoms with van der Waals surface area (Å²) in [6.45, 7) is 4.64. The number of ether oxygens (including phenoxy) is 2. The molecule has 3 aromatic carbocycles. The fourth-order valence-corrected chi connectivity index (χ4v) is 4.93. The van der Waals surface area contributed by atoms with Gasteiger partial charge in [0.25, 0.3) is 0 Å². The van der Waals surface area contributed by atoms with Crippen LogP contribution >= 0.6 is 0 Å². The molecule has 0 saturated carbocycles. The Balaban J connectivity index is 1.35. The van der Waals surface area contributed by atoms with Gasteiger partial charge < -0.3 is 20.1 Å². The highest BCUT2D eigenvalue weighted by atomic mass is 19.1. The van der Waals surface area contributed by atoms with Crippen molar-refractivity contribution in [1.29, 1.82) is 0 Å². The van der Waals surface area contributed by atoms with Crippen molar-refractivity contribution in [1.82, 2.24) is 10.2 Å². The fraction of sp³-hybridized carbons (Fsp3) is 0.394. The summed E-state index contributed by atoms with van der Waals surface area (Å²) in [7, 11) is 0. The monoisotopic (exact) mass is 561 g/mol. The van der Waals surface area contributed by atoms with Gasteiger partial charge in [0, 0.05) is 5.69 Å². The predicted octanol–water partition coefficient (Wildman–Crippen LogP) is 6.16. The van der Waals surface area contributed by atoms with E-state index < -0.39 is 6.04 Å². The van der Waals surface area contributed by atoms with Crippen molar-refractivity contribution < 1.29 is 23.5 Å². The number of nitrogens with zero attached hydrogens (tertiary/aromatic N) is 1. The number of likely N-dealkylation sites (tertiary alicyclic amines) is 1. The average Bonchev–Trinajstić information content (AvgIpc) is 2.97. The molecule has 1 saturated heterocycles. The van der Waals surface area contributed by atoms with Gasteiger partial charge in [0.2, 0.25) is 11.8 Å². The number of carbonyl (C=O) groups excluding carboxylic acids is 2. The molecule has 0 spiro atoms. The Morgan fingerprint density at radius 2 is 1.63 bits per heavy atom. The van der Waals surface area contributed by atoms with Crippen molar-refractivity contribution in [3.8, 4) is 11.5 Å². The zero-order chi connectivity index (χ0) is 28.9. The maximum absolute atomic E-state index is 13.3. The molecule has 4 rings (SSSR count). The number of carbonyl (C=O) groups is 2. The Morgan fingerprint density at radius 1 is 0.927 bits per heavy atom. The molecule has 2 amide bonds. The van der Waals surface area contributed by atoms with E-state index in [-0.39, 0.29) is 30.8 Å². The van der Waals surface area contributed by atoms with Crippen molar-refractivity contribution in [3.63, 3.8) is 0 Å². The van der Waals surface area contributed by atoms with E-state index in [0.29, 0.717) is 29.7 Å². The maximum atomic E-state index is 13.3. The molecule has 41 heavy (non-hydrogen) atoms. The molecule has 8 heteroatoms. The van der Waals surface area contributed by atoms with Crippen LogP contribution in [0.25, 0.3) is 0 Å². The summed E-state index contributed by atoms with van der Waals surface area (Å²) >= 11 is 0. The Morgan fingerprint density at radius 3 is 2.34 bits per heavy atom. The third-order valence-corrected chi connectivity index (χ3v) is 7.35. The lowest BCUT2D eigenvalue weighted by Crippen LogP contribution is -2.50. The summed E-state index contributed by atoms with van der Waals surface area (Å²) < 4.78 is 24.7. The van der Waals surface area contributed by atoms with E-state index in [1.807, 2.05) is 30.3 Å². The lowest BCUT2D eigenvalue weighted by molar-refractivity contribution is -0.128. The second kappa shape index (κ2) is 15.9. The highest BCUT2D eigenvalue weighted by molar-refractivity contribution is 5.97. The molecule has 0 aromatic heterocycles. The van der Waals surface area contributed by atoms with E-state index in [9.17, 15) is 14.0 Å². The van der Waals surface area contributed by atoms with Crippen LogP contribution in [0.3, 0.4) is 0 Å². The minimum Gasteiger partial charge on any atom is -0.457 e. The van der Waals surface area contributed by atoms with Gasteiger partial charge in [-0.25, -0.2) is 4.39 Å². The molecule has 2 N–H and O–H groups in total. The first-order valence-electron chi connectivity index (χ1n) is 14.5.